The van der Waals surface area contributed by atoms with E-state index in [1.54, 1.807) is 0 Å². The third kappa shape index (κ3) is 3.29. The Kier molecular flexibility index (Phi) is 4.11. The summed E-state index contributed by atoms with van der Waals surface area (Å²) in [5.74, 6) is 0.0561. The Morgan fingerprint density at radius 1 is 1.32 bits per heavy atom. The highest BCUT2D eigenvalue weighted by molar-refractivity contribution is 9.10. The Balaban J connectivity index is 2.15. The van der Waals surface area contributed by atoms with Crippen molar-refractivity contribution in [3.63, 3.8) is 0 Å². The highest BCUT2D eigenvalue weighted by Gasteiger charge is 2.07. The van der Waals surface area contributed by atoms with E-state index in [9.17, 15) is 4.79 Å². The number of nitrogens with zero attached hydrogens (tertiary/aromatic N) is 2. The zero-order chi connectivity index (χ0) is 13.8. The fourth-order valence-electron chi connectivity index (χ4n) is 1.42. The smallest absolute Gasteiger partial charge is 0.358 e. The van der Waals surface area contributed by atoms with Gasteiger partial charge in [0.2, 0.25) is 0 Å². The Bertz CT molecular complexity index is 599. The summed E-state index contributed by atoms with van der Waals surface area (Å²) in [6.45, 7) is 2.01. The first-order valence-electron chi connectivity index (χ1n) is 5.53. The van der Waals surface area contributed by atoms with Gasteiger partial charge in [-0.25, -0.2) is 14.8 Å². The van der Waals surface area contributed by atoms with Crippen LogP contribution < -0.4 is 5.32 Å². The first kappa shape index (κ1) is 13.5. The highest BCUT2D eigenvalue weighted by atomic mass is 79.9. The molecule has 0 aliphatic carbocycles. The summed E-state index contributed by atoms with van der Waals surface area (Å²) >= 11 is 3.46. The lowest BCUT2D eigenvalue weighted by atomic mass is 10.2. The van der Waals surface area contributed by atoms with Crippen molar-refractivity contribution in [2.24, 2.45) is 0 Å². The molecule has 0 saturated heterocycles. The van der Waals surface area contributed by atoms with Crippen LogP contribution in [-0.4, -0.2) is 23.0 Å². The van der Waals surface area contributed by atoms with Crippen LogP contribution in [0.5, 0.6) is 0 Å². The molecule has 0 radical (unpaired) electrons. The van der Waals surface area contributed by atoms with Gasteiger partial charge in [0.05, 0.1) is 19.5 Å². The summed E-state index contributed by atoms with van der Waals surface area (Å²) in [5, 5.41) is 3.10. The molecule has 0 fully saturated rings. The van der Waals surface area contributed by atoms with Crippen molar-refractivity contribution in [2.75, 3.05) is 12.4 Å². The van der Waals surface area contributed by atoms with E-state index < -0.39 is 5.97 Å². The van der Waals surface area contributed by atoms with E-state index in [1.165, 1.54) is 19.5 Å². The van der Waals surface area contributed by atoms with Gasteiger partial charge in [0.15, 0.2) is 5.69 Å². The number of esters is 1. The molecule has 1 aromatic carbocycles. The van der Waals surface area contributed by atoms with Crippen LogP contribution in [0.1, 0.15) is 16.1 Å². The van der Waals surface area contributed by atoms with Crippen LogP contribution in [0, 0.1) is 6.92 Å². The zero-order valence-corrected chi connectivity index (χ0v) is 12.1. The zero-order valence-electron chi connectivity index (χ0n) is 10.5. The minimum Gasteiger partial charge on any atom is -0.464 e. The van der Waals surface area contributed by atoms with Crippen LogP contribution in [0.25, 0.3) is 0 Å². The molecule has 19 heavy (non-hydrogen) atoms. The normalized spacial score (nSPS) is 10.1. The van der Waals surface area contributed by atoms with Crippen molar-refractivity contribution in [1.82, 2.24) is 9.97 Å². The van der Waals surface area contributed by atoms with Gasteiger partial charge in [-0.3, -0.25) is 0 Å². The second-order valence-electron chi connectivity index (χ2n) is 3.87. The van der Waals surface area contributed by atoms with Crippen LogP contribution in [0.15, 0.2) is 35.1 Å². The van der Waals surface area contributed by atoms with Gasteiger partial charge in [0.1, 0.15) is 5.82 Å². The number of benzene rings is 1. The van der Waals surface area contributed by atoms with Crippen molar-refractivity contribution in [2.45, 2.75) is 6.92 Å². The van der Waals surface area contributed by atoms with Gasteiger partial charge < -0.3 is 10.1 Å². The van der Waals surface area contributed by atoms with Crippen LogP contribution in [0.4, 0.5) is 11.5 Å². The van der Waals surface area contributed by atoms with Gasteiger partial charge in [-0.15, -0.1) is 0 Å². The van der Waals surface area contributed by atoms with Crippen LogP contribution >= 0.6 is 15.9 Å². The number of methoxy groups -OCH3 is 1. The molecular weight excluding hydrogens is 310 g/mol. The largest absolute Gasteiger partial charge is 0.464 e. The number of aromatic nitrogens is 2. The van der Waals surface area contributed by atoms with Gasteiger partial charge in [-0.05, 0) is 24.6 Å². The number of ether oxygens (including phenoxy) is 1. The van der Waals surface area contributed by atoms with E-state index in [-0.39, 0.29) is 5.69 Å². The number of hydrogen-bond donors (Lipinski definition) is 1. The summed E-state index contributed by atoms with van der Waals surface area (Å²) in [5.41, 5.74) is 2.22. The fourth-order valence-corrected chi connectivity index (χ4v) is 1.80. The monoisotopic (exact) mass is 321 g/mol. The van der Waals surface area contributed by atoms with Crippen molar-refractivity contribution >= 4 is 33.4 Å². The summed E-state index contributed by atoms with van der Waals surface area (Å²) in [6.07, 6.45) is 2.86. The van der Waals surface area contributed by atoms with Crippen LogP contribution in [0.2, 0.25) is 0 Å². The topological polar surface area (TPSA) is 64.1 Å². The minimum atomic E-state index is -0.503. The number of halogens is 1. The number of hydrogen-bond acceptors (Lipinski definition) is 5. The standard InChI is InChI=1S/C13H12BrN3O2/c1-8-3-4-9(5-10(8)14)17-12-7-15-11(6-16-12)13(18)19-2/h3-7H,1-2H3,(H,16,17). The molecule has 0 aliphatic rings. The lowest BCUT2D eigenvalue weighted by Gasteiger charge is -2.07. The maximum atomic E-state index is 11.2. The lowest BCUT2D eigenvalue weighted by molar-refractivity contribution is 0.0593. The summed E-state index contributed by atoms with van der Waals surface area (Å²) in [7, 11) is 1.31. The number of carbonyl (C=O) groups is 1. The van der Waals surface area contributed by atoms with E-state index in [0.717, 1.165) is 15.7 Å². The second kappa shape index (κ2) is 5.79. The molecule has 0 bridgehead atoms. The predicted molar refractivity (Wildman–Crippen MR) is 75.5 cm³/mol. The van der Waals surface area contributed by atoms with Crippen LogP contribution in [0.3, 0.4) is 0 Å². The molecule has 1 aromatic heterocycles. The molecule has 1 heterocycles. The molecule has 0 aliphatic heterocycles. The van der Waals surface area contributed by atoms with E-state index in [4.69, 9.17) is 0 Å². The molecule has 2 aromatic rings. The van der Waals surface area contributed by atoms with E-state index in [2.05, 4.69) is 36.0 Å². The maximum Gasteiger partial charge on any atom is 0.358 e. The number of nitrogens with one attached hydrogen (secondary N) is 1. The van der Waals surface area contributed by atoms with Gasteiger partial charge in [-0.1, -0.05) is 22.0 Å². The molecule has 0 amide bonds. The molecule has 0 atom stereocenters. The van der Waals surface area contributed by atoms with Gasteiger partial charge in [0, 0.05) is 10.2 Å². The highest BCUT2D eigenvalue weighted by Crippen LogP contribution is 2.22. The first-order chi connectivity index (χ1) is 9.10. The Hall–Kier alpha value is -1.95. The first-order valence-corrected chi connectivity index (χ1v) is 6.33. The van der Waals surface area contributed by atoms with Gasteiger partial charge >= 0.3 is 5.97 Å². The van der Waals surface area contributed by atoms with Crippen LogP contribution in [-0.2, 0) is 4.74 Å². The molecule has 1 N–H and O–H groups in total. The molecule has 0 unspecified atom stereocenters. The number of carbonyl (C=O) groups excluding carboxylic acids is 1. The number of anilines is 2. The lowest BCUT2D eigenvalue weighted by Crippen LogP contribution is -2.05. The average molecular weight is 322 g/mol. The maximum absolute atomic E-state index is 11.2. The quantitative estimate of drug-likeness (QED) is 0.880. The summed E-state index contributed by atoms with van der Waals surface area (Å²) in [6, 6.07) is 5.88. The SMILES string of the molecule is COC(=O)c1cnc(Nc2ccc(C)c(Br)c2)cn1. The molecule has 98 valence electrons. The molecule has 0 spiro atoms. The third-order valence-corrected chi connectivity index (χ3v) is 3.34. The summed E-state index contributed by atoms with van der Waals surface area (Å²) in [4.78, 5) is 19.3. The second-order valence-corrected chi connectivity index (χ2v) is 4.72. The van der Waals surface area contributed by atoms with Gasteiger partial charge in [-0.2, -0.15) is 0 Å². The number of aryl methyl sites for hydroxylation is 1. The van der Waals surface area contributed by atoms with Crippen molar-refractivity contribution < 1.29 is 9.53 Å². The van der Waals surface area contributed by atoms with E-state index in [1.807, 2.05) is 25.1 Å². The fraction of sp³-hybridized carbons (Fsp3) is 0.154. The molecule has 5 nitrogen and oxygen atoms in total. The molecule has 2 rings (SSSR count). The van der Waals surface area contributed by atoms with Gasteiger partial charge in [0.25, 0.3) is 0 Å². The number of rotatable bonds is 3. The van der Waals surface area contributed by atoms with Crippen molar-refractivity contribution in [3.8, 4) is 0 Å². The predicted octanol–water partition coefficient (Wildman–Crippen LogP) is 3.08. The Morgan fingerprint density at radius 3 is 2.68 bits per heavy atom. The molecule has 0 saturated carbocycles. The molecular formula is C13H12BrN3O2. The van der Waals surface area contributed by atoms with Crippen molar-refractivity contribution in [1.29, 1.82) is 0 Å². The van der Waals surface area contributed by atoms with E-state index >= 15 is 0 Å². The Morgan fingerprint density at radius 2 is 2.11 bits per heavy atom. The molecule has 6 heteroatoms. The van der Waals surface area contributed by atoms with E-state index in [0.29, 0.717) is 5.82 Å². The Labute approximate surface area is 119 Å². The average Bonchev–Trinajstić information content (AvgIpc) is 2.43. The van der Waals surface area contributed by atoms with Crippen molar-refractivity contribution in [3.05, 3.63) is 46.3 Å². The minimum absolute atomic E-state index is 0.179. The third-order valence-electron chi connectivity index (χ3n) is 2.49. The summed E-state index contributed by atoms with van der Waals surface area (Å²) < 4.78 is 5.57.